The van der Waals surface area contributed by atoms with E-state index in [9.17, 15) is 9.59 Å². The topological polar surface area (TPSA) is 74.3 Å². The smallest absolute Gasteiger partial charge is 0.332 e. The summed E-state index contributed by atoms with van der Waals surface area (Å²) in [7, 11) is 3.39. The van der Waals surface area contributed by atoms with Crippen LogP contribution in [0.25, 0.3) is 11.2 Å². The lowest BCUT2D eigenvalue weighted by Gasteiger charge is -2.08. The van der Waals surface area contributed by atoms with Gasteiger partial charge in [0, 0.05) is 20.6 Å². The Labute approximate surface area is 115 Å². The van der Waals surface area contributed by atoms with E-state index in [1.807, 2.05) is 6.92 Å². The molecule has 0 radical (unpaired) electrons. The molecule has 7 heteroatoms. The van der Waals surface area contributed by atoms with Gasteiger partial charge in [-0.2, -0.15) is 0 Å². The SMILES string of the molecule is CC1OC1CCCn1c(=O)c2c(ncn2C)n(C)c1=O. The minimum Gasteiger partial charge on any atom is -0.370 e. The summed E-state index contributed by atoms with van der Waals surface area (Å²) >= 11 is 0. The molecule has 2 aromatic rings. The molecule has 108 valence electrons. The maximum Gasteiger partial charge on any atom is 0.332 e. The first-order valence-electron chi connectivity index (χ1n) is 6.77. The first-order valence-corrected chi connectivity index (χ1v) is 6.77. The van der Waals surface area contributed by atoms with Crippen LogP contribution in [0.2, 0.25) is 0 Å². The van der Waals surface area contributed by atoms with Gasteiger partial charge in [0.2, 0.25) is 0 Å². The molecule has 0 amide bonds. The second-order valence-corrected chi connectivity index (χ2v) is 5.35. The van der Waals surface area contributed by atoms with Crippen molar-refractivity contribution in [2.75, 3.05) is 0 Å². The molecule has 7 nitrogen and oxygen atoms in total. The van der Waals surface area contributed by atoms with Gasteiger partial charge in [-0.3, -0.25) is 13.9 Å². The molecule has 1 saturated heterocycles. The van der Waals surface area contributed by atoms with Crippen molar-refractivity contribution in [1.29, 1.82) is 0 Å². The number of aryl methyl sites for hydroxylation is 2. The summed E-state index contributed by atoms with van der Waals surface area (Å²) in [5.74, 6) is 0. The van der Waals surface area contributed by atoms with E-state index < -0.39 is 0 Å². The molecule has 1 aliphatic heterocycles. The summed E-state index contributed by atoms with van der Waals surface area (Å²) in [6.07, 6.45) is 3.78. The zero-order valence-corrected chi connectivity index (χ0v) is 11.9. The fourth-order valence-electron chi connectivity index (χ4n) is 2.58. The lowest BCUT2D eigenvalue weighted by molar-refractivity contribution is 0.362. The third kappa shape index (κ3) is 1.98. The molecular weight excluding hydrogens is 260 g/mol. The molecule has 1 fully saturated rings. The van der Waals surface area contributed by atoms with Crippen LogP contribution in [0, 0.1) is 0 Å². The van der Waals surface area contributed by atoms with Crippen molar-refractivity contribution in [2.24, 2.45) is 14.1 Å². The van der Waals surface area contributed by atoms with E-state index in [0.717, 1.165) is 12.8 Å². The molecule has 2 unspecified atom stereocenters. The first kappa shape index (κ1) is 13.1. The van der Waals surface area contributed by atoms with Crippen molar-refractivity contribution in [1.82, 2.24) is 18.7 Å². The Kier molecular flexibility index (Phi) is 3.01. The number of epoxide rings is 1. The van der Waals surface area contributed by atoms with Gasteiger partial charge in [0.25, 0.3) is 5.56 Å². The Balaban J connectivity index is 1.95. The quantitative estimate of drug-likeness (QED) is 0.738. The van der Waals surface area contributed by atoms with Crippen molar-refractivity contribution in [2.45, 2.75) is 38.5 Å². The van der Waals surface area contributed by atoms with Gasteiger partial charge in [0.15, 0.2) is 11.2 Å². The highest BCUT2D eigenvalue weighted by atomic mass is 16.6. The Morgan fingerprint density at radius 2 is 2.05 bits per heavy atom. The molecule has 0 aromatic carbocycles. The van der Waals surface area contributed by atoms with Crippen molar-refractivity contribution in [3.05, 3.63) is 27.2 Å². The summed E-state index contributed by atoms with van der Waals surface area (Å²) in [6.45, 7) is 2.44. The molecule has 0 bridgehead atoms. The highest BCUT2D eigenvalue weighted by Gasteiger charge is 2.33. The van der Waals surface area contributed by atoms with Gasteiger partial charge in [-0.1, -0.05) is 0 Å². The van der Waals surface area contributed by atoms with Crippen LogP contribution in [0.3, 0.4) is 0 Å². The minimum atomic E-state index is -0.314. The minimum absolute atomic E-state index is 0.270. The van der Waals surface area contributed by atoms with Gasteiger partial charge in [-0.15, -0.1) is 0 Å². The maximum atomic E-state index is 12.4. The Morgan fingerprint density at radius 3 is 2.70 bits per heavy atom. The molecule has 20 heavy (non-hydrogen) atoms. The number of nitrogens with zero attached hydrogens (tertiary/aromatic N) is 4. The van der Waals surface area contributed by atoms with Crippen LogP contribution < -0.4 is 11.2 Å². The van der Waals surface area contributed by atoms with Crippen LogP contribution in [0.5, 0.6) is 0 Å². The lowest BCUT2D eigenvalue weighted by atomic mass is 10.2. The molecule has 1 aliphatic rings. The Morgan fingerprint density at radius 1 is 1.35 bits per heavy atom. The predicted molar refractivity (Wildman–Crippen MR) is 73.8 cm³/mol. The fraction of sp³-hybridized carbons (Fsp3) is 0.615. The van der Waals surface area contributed by atoms with Crippen molar-refractivity contribution >= 4 is 11.2 Å². The number of hydrogen-bond donors (Lipinski definition) is 0. The van der Waals surface area contributed by atoms with Crippen molar-refractivity contribution in [3.63, 3.8) is 0 Å². The standard InChI is InChI=1S/C13H18N4O3/c1-8-9(20-8)5-4-6-17-12(18)10-11(14-7-15(10)2)16(3)13(17)19/h7-9H,4-6H2,1-3H3. The van der Waals surface area contributed by atoms with E-state index in [1.54, 1.807) is 25.0 Å². The van der Waals surface area contributed by atoms with Crippen LogP contribution in [-0.4, -0.2) is 30.9 Å². The summed E-state index contributed by atoms with van der Waals surface area (Å²) in [5, 5.41) is 0. The van der Waals surface area contributed by atoms with E-state index >= 15 is 0 Å². The molecule has 0 aliphatic carbocycles. The number of imidazole rings is 1. The Bertz CT molecular complexity index is 770. The largest absolute Gasteiger partial charge is 0.370 e. The molecule has 3 heterocycles. The van der Waals surface area contributed by atoms with E-state index in [-0.39, 0.29) is 17.4 Å². The Hall–Kier alpha value is -1.89. The van der Waals surface area contributed by atoms with Gasteiger partial charge >= 0.3 is 5.69 Å². The summed E-state index contributed by atoms with van der Waals surface area (Å²) in [6, 6.07) is 0. The highest BCUT2D eigenvalue weighted by molar-refractivity contribution is 5.69. The molecule has 0 saturated carbocycles. The number of fused-ring (bicyclic) bond motifs is 1. The van der Waals surface area contributed by atoms with Gasteiger partial charge in [-0.05, 0) is 19.8 Å². The lowest BCUT2D eigenvalue weighted by Crippen LogP contribution is -2.39. The monoisotopic (exact) mass is 278 g/mol. The first-order chi connectivity index (χ1) is 9.50. The second-order valence-electron chi connectivity index (χ2n) is 5.35. The number of hydrogen-bond acceptors (Lipinski definition) is 4. The normalized spacial score (nSPS) is 21.6. The van der Waals surface area contributed by atoms with Crippen LogP contribution >= 0.6 is 0 Å². The summed E-state index contributed by atoms with van der Waals surface area (Å²) < 4.78 is 9.70. The molecule has 3 rings (SSSR count). The third-order valence-electron chi connectivity index (χ3n) is 3.91. The van der Waals surface area contributed by atoms with Gasteiger partial charge in [0.05, 0.1) is 18.5 Å². The number of aromatic nitrogens is 4. The number of rotatable bonds is 4. The van der Waals surface area contributed by atoms with Crippen molar-refractivity contribution in [3.8, 4) is 0 Å². The molecular formula is C13H18N4O3. The zero-order valence-electron chi connectivity index (χ0n) is 11.9. The van der Waals surface area contributed by atoms with Crippen LogP contribution in [-0.2, 0) is 25.4 Å². The highest BCUT2D eigenvalue weighted by Crippen LogP contribution is 2.25. The fourth-order valence-corrected chi connectivity index (χ4v) is 2.58. The van der Waals surface area contributed by atoms with Crippen LogP contribution in [0.1, 0.15) is 19.8 Å². The average Bonchev–Trinajstić information content (AvgIpc) is 2.96. The third-order valence-corrected chi connectivity index (χ3v) is 3.91. The van der Waals surface area contributed by atoms with Gasteiger partial charge in [0.1, 0.15) is 0 Å². The maximum absolute atomic E-state index is 12.4. The zero-order chi connectivity index (χ0) is 14.4. The molecule has 2 aromatic heterocycles. The number of ether oxygens (including phenoxy) is 1. The van der Waals surface area contributed by atoms with Gasteiger partial charge in [-0.25, -0.2) is 9.78 Å². The van der Waals surface area contributed by atoms with E-state index in [0.29, 0.717) is 23.8 Å². The van der Waals surface area contributed by atoms with E-state index in [4.69, 9.17) is 4.74 Å². The van der Waals surface area contributed by atoms with Gasteiger partial charge < -0.3 is 9.30 Å². The predicted octanol–water partition coefficient (Wildman–Crippen LogP) is 0.00120. The van der Waals surface area contributed by atoms with Crippen molar-refractivity contribution < 1.29 is 4.74 Å². The van der Waals surface area contributed by atoms with E-state index in [2.05, 4.69) is 4.98 Å². The summed E-state index contributed by atoms with van der Waals surface area (Å²) in [5.41, 5.74) is 0.305. The molecule has 2 atom stereocenters. The van der Waals surface area contributed by atoms with Crippen LogP contribution in [0.4, 0.5) is 0 Å². The van der Waals surface area contributed by atoms with E-state index in [1.165, 1.54) is 9.13 Å². The average molecular weight is 278 g/mol. The second kappa shape index (κ2) is 4.59. The molecule has 0 spiro atoms. The molecule has 0 N–H and O–H groups in total. The summed E-state index contributed by atoms with van der Waals surface area (Å²) in [4.78, 5) is 28.7. The van der Waals surface area contributed by atoms with Crippen LogP contribution in [0.15, 0.2) is 15.9 Å².